The average Bonchev–Trinajstić information content (AvgIpc) is 3.06. The first-order valence-electron chi connectivity index (χ1n) is 9.27. The zero-order valence-corrected chi connectivity index (χ0v) is 14.9. The van der Waals surface area contributed by atoms with Crippen molar-refractivity contribution in [3.63, 3.8) is 0 Å². The Hall–Kier alpha value is -3.06. The predicted molar refractivity (Wildman–Crippen MR) is 112 cm³/mol. The number of nitrogens with one attached hydrogen (secondary N) is 1. The van der Waals surface area contributed by atoms with Crippen LogP contribution in [0, 0.1) is 5.92 Å². The molecule has 1 aliphatic rings. The molecule has 4 aromatic rings. The van der Waals surface area contributed by atoms with E-state index in [1.807, 2.05) is 0 Å². The first kappa shape index (κ1) is 15.2. The minimum absolute atomic E-state index is 0.610. The van der Waals surface area contributed by atoms with Gasteiger partial charge in [-0.05, 0) is 58.9 Å². The van der Waals surface area contributed by atoms with Gasteiger partial charge in [-0.1, -0.05) is 67.6 Å². The van der Waals surface area contributed by atoms with E-state index in [0.717, 1.165) is 6.42 Å². The molecule has 0 fully saturated rings. The molecule has 1 unspecified atom stereocenters. The van der Waals surface area contributed by atoms with E-state index >= 15 is 0 Å². The van der Waals surface area contributed by atoms with Crippen molar-refractivity contribution in [2.24, 2.45) is 5.92 Å². The summed E-state index contributed by atoms with van der Waals surface area (Å²) in [6.45, 7) is 2.28. The van der Waals surface area contributed by atoms with Crippen LogP contribution in [0.2, 0.25) is 0 Å². The van der Waals surface area contributed by atoms with E-state index in [1.54, 1.807) is 0 Å². The SMILES string of the molecule is CC1C=C(c2ccc3[nH]c4ccc(-c5ccccc5)cc4c3c2)C=CC1. The lowest BCUT2D eigenvalue weighted by Gasteiger charge is -2.12. The molecule has 26 heavy (non-hydrogen) atoms. The topological polar surface area (TPSA) is 15.8 Å². The second kappa shape index (κ2) is 6.03. The maximum Gasteiger partial charge on any atom is 0.0465 e. The summed E-state index contributed by atoms with van der Waals surface area (Å²) in [6, 6.07) is 24.0. The molecule has 0 spiro atoms. The Balaban J connectivity index is 1.69. The molecular formula is C25H21N. The summed E-state index contributed by atoms with van der Waals surface area (Å²) in [7, 11) is 0. The van der Waals surface area contributed by atoms with Gasteiger partial charge in [0.25, 0.3) is 0 Å². The van der Waals surface area contributed by atoms with Gasteiger partial charge in [0, 0.05) is 21.8 Å². The van der Waals surface area contributed by atoms with Gasteiger partial charge in [-0.15, -0.1) is 0 Å². The lowest BCUT2D eigenvalue weighted by Crippen LogP contribution is -1.94. The van der Waals surface area contributed by atoms with Gasteiger partial charge < -0.3 is 4.98 Å². The van der Waals surface area contributed by atoms with Crippen LogP contribution < -0.4 is 0 Å². The summed E-state index contributed by atoms with van der Waals surface area (Å²) in [5.74, 6) is 0.610. The molecule has 0 aliphatic heterocycles. The van der Waals surface area contributed by atoms with Gasteiger partial charge in [-0.3, -0.25) is 0 Å². The van der Waals surface area contributed by atoms with Crippen molar-refractivity contribution in [1.82, 2.24) is 4.98 Å². The number of hydrogen-bond acceptors (Lipinski definition) is 0. The summed E-state index contributed by atoms with van der Waals surface area (Å²) in [5.41, 5.74) is 7.53. The number of benzene rings is 3. The third kappa shape index (κ3) is 2.57. The molecule has 0 amide bonds. The van der Waals surface area contributed by atoms with Crippen molar-refractivity contribution in [2.45, 2.75) is 13.3 Å². The molecule has 1 aliphatic carbocycles. The van der Waals surface area contributed by atoms with Gasteiger partial charge in [0.2, 0.25) is 0 Å². The van der Waals surface area contributed by atoms with Crippen LogP contribution >= 0.6 is 0 Å². The molecule has 0 saturated heterocycles. The van der Waals surface area contributed by atoms with Crippen LogP contribution in [0.15, 0.2) is 85.0 Å². The van der Waals surface area contributed by atoms with E-state index in [-0.39, 0.29) is 0 Å². The van der Waals surface area contributed by atoms with Crippen LogP contribution in [0.25, 0.3) is 38.5 Å². The number of fused-ring (bicyclic) bond motifs is 3. The van der Waals surface area contributed by atoms with E-state index in [4.69, 9.17) is 0 Å². The molecule has 126 valence electrons. The normalized spacial score (nSPS) is 17.0. The Labute approximate surface area is 153 Å². The Morgan fingerprint density at radius 3 is 2.19 bits per heavy atom. The fraction of sp³-hybridized carbons (Fsp3) is 0.120. The maximum atomic E-state index is 3.56. The minimum Gasteiger partial charge on any atom is -0.355 e. The first-order valence-corrected chi connectivity index (χ1v) is 9.27. The predicted octanol–water partition coefficient (Wildman–Crippen LogP) is 6.97. The lowest BCUT2D eigenvalue weighted by molar-refractivity contribution is 0.740. The van der Waals surface area contributed by atoms with Crippen LogP contribution in [0.5, 0.6) is 0 Å². The van der Waals surface area contributed by atoms with Crippen molar-refractivity contribution in [2.75, 3.05) is 0 Å². The number of allylic oxidation sites excluding steroid dienone is 4. The van der Waals surface area contributed by atoms with Crippen LogP contribution in [0.3, 0.4) is 0 Å². The third-order valence-corrected chi connectivity index (χ3v) is 5.31. The molecule has 1 heterocycles. The monoisotopic (exact) mass is 335 g/mol. The standard InChI is InChI=1S/C25H21N/c1-17-6-5-9-19(14-17)21-11-13-25-23(16-21)22-15-20(10-12-24(22)26-25)18-7-3-2-4-8-18/h2-5,7-17,26H,6H2,1H3. The molecule has 1 nitrogen and oxygen atoms in total. The Morgan fingerprint density at radius 1 is 0.769 bits per heavy atom. The van der Waals surface area contributed by atoms with E-state index in [2.05, 4.69) is 96.9 Å². The molecule has 1 aromatic heterocycles. The van der Waals surface area contributed by atoms with Gasteiger partial charge in [-0.25, -0.2) is 0 Å². The van der Waals surface area contributed by atoms with Gasteiger partial charge in [0.15, 0.2) is 0 Å². The summed E-state index contributed by atoms with van der Waals surface area (Å²) in [5, 5.41) is 2.58. The van der Waals surface area contributed by atoms with Crippen molar-refractivity contribution in [3.8, 4) is 11.1 Å². The zero-order valence-electron chi connectivity index (χ0n) is 14.9. The highest BCUT2D eigenvalue weighted by Gasteiger charge is 2.10. The second-order valence-electron chi connectivity index (χ2n) is 7.25. The molecule has 1 atom stereocenters. The van der Waals surface area contributed by atoms with Crippen molar-refractivity contribution in [3.05, 3.63) is 90.5 Å². The van der Waals surface area contributed by atoms with E-state index < -0.39 is 0 Å². The fourth-order valence-corrected chi connectivity index (χ4v) is 3.92. The molecule has 0 bridgehead atoms. The number of H-pyrrole nitrogens is 1. The quantitative estimate of drug-likeness (QED) is 0.407. The highest BCUT2D eigenvalue weighted by Crippen LogP contribution is 2.33. The number of aromatic nitrogens is 1. The molecule has 0 saturated carbocycles. The van der Waals surface area contributed by atoms with Crippen molar-refractivity contribution in [1.29, 1.82) is 0 Å². The number of hydrogen-bond donors (Lipinski definition) is 1. The van der Waals surface area contributed by atoms with Gasteiger partial charge in [-0.2, -0.15) is 0 Å². The van der Waals surface area contributed by atoms with Crippen LogP contribution in [-0.2, 0) is 0 Å². The first-order chi connectivity index (χ1) is 12.8. The molecule has 3 aromatic carbocycles. The number of aromatic amines is 1. The minimum atomic E-state index is 0.610. The van der Waals surface area contributed by atoms with Crippen LogP contribution in [-0.4, -0.2) is 4.98 Å². The Morgan fingerprint density at radius 2 is 1.46 bits per heavy atom. The summed E-state index contributed by atoms with van der Waals surface area (Å²) >= 11 is 0. The highest BCUT2D eigenvalue weighted by molar-refractivity contribution is 6.09. The Kier molecular flexibility index (Phi) is 3.53. The van der Waals surface area contributed by atoms with Crippen molar-refractivity contribution >= 4 is 27.4 Å². The lowest BCUT2D eigenvalue weighted by atomic mass is 9.93. The molecule has 5 rings (SSSR count). The molecule has 1 N–H and O–H groups in total. The Bertz CT molecular complexity index is 1160. The largest absolute Gasteiger partial charge is 0.355 e. The van der Waals surface area contributed by atoms with E-state index in [0.29, 0.717) is 5.92 Å². The average molecular weight is 335 g/mol. The fourth-order valence-electron chi connectivity index (χ4n) is 3.92. The van der Waals surface area contributed by atoms with Crippen LogP contribution in [0.1, 0.15) is 18.9 Å². The smallest absolute Gasteiger partial charge is 0.0465 e. The van der Waals surface area contributed by atoms with Crippen molar-refractivity contribution < 1.29 is 0 Å². The van der Waals surface area contributed by atoms with Gasteiger partial charge in [0.05, 0.1) is 0 Å². The molecule has 1 heteroatoms. The van der Waals surface area contributed by atoms with Gasteiger partial charge in [0.1, 0.15) is 0 Å². The summed E-state index contributed by atoms with van der Waals surface area (Å²) in [6.07, 6.45) is 8.06. The van der Waals surface area contributed by atoms with E-state index in [1.165, 1.54) is 44.1 Å². The summed E-state index contributed by atoms with van der Waals surface area (Å²) < 4.78 is 0. The number of rotatable bonds is 2. The maximum absolute atomic E-state index is 3.56. The second-order valence-corrected chi connectivity index (χ2v) is 7.25. The molecular weight excluding hydrogens is 314 g/mol. The highest BCUT2D eigenvalue weighted by atomic mass is 14.7. The van der Waals surface area contributed by atoms with E-state index in [9.17, 15) is 0 Å². The van der Waals surface area contributed by atoms with Gasteiger partial charge >= 0.3 is 0 Å². The molecule has 0 radical (unpaired) electrons. The third-order valence-electron chi connectivity index (χ3n) is 5.31. The zero-order chi connectivity index (χ0) is 17.5. The van der Waals surface area contributed by atoms with Crippen LogP contribution in [0.4, 0.5) is 0 Å². The summed E-state index contributed by atoms with van der Waals surface area (Å²) in [4.78, 5) is 3.56.